The molecule has 6 nitrogen and oxygen atoms in total. The average Bonchev–Trinajstić information content (AvgIpc) is 3.17. The fraction of sp³-hybridized carbons (Fsp3) is 0.300. The number of benzene rings is 1. The lowest BCUT2D eigenvalue weighted by Crippen LogP contribution is -2.23. The molecule has 0 bridgehead atoms. The first-order chi connectivity index (χ1) is 12.9. The molecule has 26 heavy (non-hydrogen) atoms. The minimum Gasteiger partial charge on any atom is -0.307 e. The van der Waals surface area contributed by atoms with Crippen LogP contribution in [0.1, 0.15) is 23.6 Å². The van der Waals surface area contributed by atoms with Crippen LogP contribution in [0.15, 0.2) is 61.2 Å². The van der Waals surface area contributed by atoms with Crippen molar-refractivity contribution in [1.29, 1.82) is 0 Å². The van der Waals surface area contributed by atoms with Crippen molar-refractivity contribution in [3.63, 3.8) is 0 Å². The fourth-order valence-corrected chi connectivity index (χ4v) is 3.35. The molecule has 0 amide bonds. The van der Waals surface area contributed by atoms with Crippen LogP contribution in [0.3, 0.4) is 0 Å². The van der Waals surface area contributed by atoms with E-state index < -0.39 is 0 Å². The number of aromatic nitrogens is 4. The zero-order valence-corrected chi connectivity index (χ0v) is 14.6. The summed E-state index contributed by atoms with van der Waals surface area (Å²) in [6, 6.07) is 12.7. The third kappa shape index (κ3) is 4.21. The first-order valence-corrected chi connectivity index (χ1v) is 8.99. The number of anilines is 2. The highest BCUT2D eigenvalue weighted by Crippen LogP contribution is 2.26. The predicted molar refractivity (Wildman–Crippen MR) is 101 cm³/mol. The predicted octanol–water partition coefficient (Wildman–Crippen LogP) is 3.04. The molecule has 0 radical (unpaired) electrons. The van der Waals surface area contributed by atoms with Gasteiger partial charge in [-0.05, 0) is 31.0 Å². The summed E-state index contributed by atoms with van der Waals surface area (Å²) in [4.78, 5) is 19.8. The quantitative estimate of drug-likeness (QED) is 0.740. The standard InChI is InChI=1S/C20H22N6/c1-2-4-16(5-3-1)7-12-26-13-8-17(15-26)18-6-9-23-20(24-18)25-19-14-21-10-11-22-19/h1-6,9-11,14,17H,7-8,12-13,15H2,(H,22,23,24,25)/t17-/m1/s1. The van der Waals surface area contributed by atoms with Gasteiger partial charge in [0.05, 0.1) is 11.9 Å². The van der Waals surface area contributed by atoms with Crippen LogP contribution in [0.5, 0.6) is 0 Å². The second-order valence-electron chi connectivity index (χ2n) is 6.54. The number of likely N-dealkylation sites (tertiary alicyclic amines) is 1. The molecule has 132 valence electrons. The summed E-state index contributed by atoms with van der Waals surface area (Å²) in [5.74, 6) is 1.68. The van der Waals surface area contributed by atoms with Crippen LogP contribution < -0.4 is 5.32 Å². The molecular weight excluding hydrogens is 324 g/mol. The van der Waals surface area contributed by atoms with E-state index in [4.69, 9.17) is 0 Å². The topological polar surface area (TPSA) is 66.8 Å². The molecule has 1 saturated heterocycles. The Morgan fingerprint density at radius 3 is 2.81 bits per heavy atom. The maximum Gasteiger partial charge on any atom is 0.228 e. The molecule has 1 atom stereocenters. The Balaban J connectivity index is 1.35. The molecule has 0 aliphatic carbocycles. The van der Waals surface area contributed by atoms with E-state index in [1.807, 2.05) is 12.3 Å². The van der Waals surface area contributed by atoms with Gasteiger partial charge in [0.2, 0.25) is 5.95 Å². The van der Waals surface area contributed by atoms with Gasteiger partial charge in [-0.3, -0.25) is 4.98 Å². The molecule has 1 N–H and O–H groups in total. The summed E-state index contributed by atoms with van der Waals surface area (Å²) in [6.07, 6.45) is 9.00. The molecule has 4 rings (SSSR count). The van der Waals surface area contributed by atoms with Crippen molar-refractivity contribution in [2.45, 2.75) is 18.8 Å². The van der Waals surface area contributed by atoms with Crippen LogP contribution in [-0.2, 0) is 6.42 Å². The summed E-state index contributed by atoms with van der Waals surface area (Å²) >= 11 is 0. The first-order valence-electron chi connectivity index (χ1n) is 8.99. The van der Waals surface area contributed by atoms with Gasteiger partial charge in [-0.25, -0.2) is 15.0 Å². The van der Waals surface area contributed by atoms with E-state index in [9.17, 15) is 0 Å². The van der Waals surface area contributed by atoms with Crippen LogP contribution >= 0.6 is 0 Å². The number of rotatable bonds is 6. The normalized spacial score (nSPS) is 17.3. The zero-order chi connectivity index (χ0) is 17.6. The van der Waals surface area contributed by atoms with Crippen LogP contribution in [-0.4, -0.2) is 44.5 Å². The van der Waals surface area contributed by atoms with Crippen molar-refractivity contribution in [3.05, 3.63) is 72.4 Å². The summed E-state index contributed by atoms with van der Waals surface area (Å²) < 4.78 is 0. The van der Waals surface area contributed by atoms with E-state index in [1.165, 1.54) is 5.56 Å². The molecule has 1 fully saturated rings. The Morgan fingerprint density at radius 2 is 1.96 bits per heavy atom. The molecular formula is C20H22N6. The molecule has 3 aromatic rings. The molecule has 1 aliphatic rings. The van der Waals surface area contributed by atoms with Crippen molar-refractivity contribution in [2.24, 2.45) is 0 Å². The molecule has 3 heterocycles. The minimum atomic E-state index is 0.455. The van der Waals surface area contributed by atoms with Crippen molar-refractivity contribution in [3.8, 4) is 0 Å². The van der Waals surface area contributed by atoms with Gasteiger partial charge in [-0.2, -0.15) is 0 Å². The highest BCUT2D eigenvalue weighted by atomic mass is 15.2. The third-order valence-corrected chi connectivity index (χ3v) is 4.73. The van der Waals surface area contributed by atoms with Crippen molar-refractivity contribution in [1.82, 2.24) is 24.8 Å². The van der Waals surface area contributed by atoms with Crippen LogP contribution in [0.2, 0.25) is 0 Å². The monoisotopic (exact) mass is 346 g/mol. The fourth-order valence-electron chi connectivity index (χ4n) is 3.35. The largest absolute Gasteiger partial charge is 0.307 e. The van der Waals surface area contributed by atoms with Gasteiger partial charge in [0.15, 0.2) is 5.82 Å². The van der Waals surface area contributed by atoms with Gasteiger partial charge < -0.3 is 10.2 Å². The van der Waals surface area contributed by atoms with Gasteiger partial charge in [0.1, 0.15) is 0 Å². The lowest BCUT2D eigenvalue weighted by Gasteiger charge is -2.16. The van der Waals surface area contributed by atoms with E-state index in [0.29, 0.717) is 17.7 Å². The second kappa shape index (κ2) is 8.01. The molecule has 1 aliphatic heterocycles. The summed E-state index contributed by atoms with van der Waals surface area (Å²) in [6.45, 7) is 3.26. The SMILES string of the molecule is c1ccc(CCN2CC[C@@H](c3ccnc(Nc4cnccn4)n3)C2)cc1. The number of hydrogen-bond acceptors (Lipinski definition) is 6. The Bertz CT molecular complexity index is 824. The third-order valence-electron chi connectivity index (χ3n) is 4.73. The van der Waals surface area contributed by atoms with Crippen molar-refractivity contribution >= 4 is 11.8 Å². The maximum absolute atomic E-state index is 4.69. The van der Waals surface area contributed by atoms with Crippen molar-refractivity contribution < 1.29 is 0 Å². The maximum atomic E-state index is 4.69. The smallest absolute Gasteiger partial charge is 0.228 e. The van der Waals surface area contributed by atoms with Crippen molar-refractivity contribution in [2.75, 3.05) is 25.0 Å². The highest BCUT2D eigenvalue weighted by Gasteiger charge is 2.24. The summed E-state index contributed by atoms with van der Waals surface area (Å²) in [5.41, 5.74) is 2.49. The van der Waals surface area contributed by atoms with E-state index >= 15 is 0 Å². The van der Waals surface area contributed by atoms with E-state index in [-0.39, 0.29) is 0 Å². The number of nitrogens with one attached hydrogen (secondary N) is 1. The van der Waals surface area contributed by atoms with E-state index in [1.54, 1.807) is 18.6 Å². The van der Waals surface area contributed by atoms with Crippen LogP contribution in [0.4, 0.5) is 11.8 Å². The van der Waals surface area contributed by atoms with Gasteiger partial charge in [0, 0.05) is 37.6 Å². The van der Waals surface area contributed by atoms with Gasteiger partial charge in [0.25, 0.3) is 0 Å². The highest BCUT2D eigenvalue weighted by molar-refractivity contribution is 5.45. The van der Waals surface area contributed by atoms with Crippen LogP contribution in [0.25, 0.3) is 0 Å². The first kappa shape index (κ1) is 16.6. The molecule has 2 aromatic heterocycles. The molecule has 6 heteroatoms. The lowest BCUT2D eigenvalue weighted by molar-refractivity contribution is 0.338. The summed E-state index contributed by atoms with van der Waals surface area (Å²) in [5, 5.41) is 3.12. The van der Waals surface area contributed by atoms with Gasteiger partial charge in [-0.1, -0.05) is 30.3 Å². The zero-order valence-electron chi connectivity index (χ0n) is 14.6. The summed E-state index contributed by atoms with van der Waals surface area (Å²) in [7, 11) is 0. The minimum absolute atomic E-state index is 0.455. The Labute approximate surface area is 153 Å². The van der Waals surface area contributed by atoms with Gasteiger partial charge in [-0.15, -0.1) is 0 Å². The Morgan fingerprint density at radius 1 is 1.04 bits per heavy atom. The molecule has 0 spiro atoms. The van der Waals surface area contributed by atoms with Crippen LogP contribution in [0, 0.1) is 0 Å². The lowest BCUT2D eigenvalue weighted by atomic mass is 10.1. The Hall–Kier alpha value is -2.86. The molecule has 0 saturated carbocycles. The Kier molecular flexibility index (Phi) is 5.12. The van der Waals surface area contributed by atoms with E-state index in [2.05, 4.69) is 60.5 Å². The second-order valence-corrected chi connectivity index (χ2v) is 6.54. The van der Waals surface area contributed by atoms with E-state index in [0.717, 1.165) is 38.2 Å². The molecule has 1 aromatic carbocycles. The number of nitrogens with zero attached hydrogens (tertiary/aromatic N) is 5. The average molecular weight is 346 g/mol. The molecule has 0 unspecified atom stereocenters. The van der Waals surface area contributed by atoms with Gasteiger partial charge >= 0.3 is 0 Å². The number of hydrogen-bond donors (Lipinski definition) is 1.